The Balaban J connectivity index is 1.93. The molecule has 0 spiro atoms. The van der Waals surface area contributed by atoms with Crippen molar-refractivity contribution in [2.45, 2.75) is 0 Å². The Morgan fingerprint density at radius 2 is 1.67 bits per heavy atom. The Morgan fingerprint density at radius 1 is 0.958 bits per heavy atom. The highest BCUT2D eigenvalue weighted by Gasteiger charge is 2.15. The van der Waals surface area contributed by atoms with Crippen molar-refractivity contribution in [2.75, 3.05) is 26.6 Å². The first-order chi connectivity index (χ1) is 11.7. The molecule has 124 valence electrons. The highest BCUT2D eigenvalue weighted by atomic mass is 16.5. The molecule has 0 radical (unpaired) electrons. The van der Waals surface area contributed by atoms with E-state index in [-0.39, 0.29) is 5.91 Å². The topological polar surface area (TPSA) is 72.6 Å². The van der Waals surface area contributed by atoms with Crippen LogP contribution in [-0.4, -0.2) is 32.2 Å². The van der Waals surface area contributed by atoms with Crippen molar-refractivity contribution in [3.63, 3.8) is 0 Å². The van der Waals surface area contributed by atoms with E-state index in [0.717, 1.165) is 16.7 Å². The van der Waals surface area contributed by atoms with Crippen molar-refractivity contribution >= 4 is 22.5 Å². The van der Waals surface area contributed by atoms with E-state index >= 15 is 0 Å². The molecule has 0 atom stereocenters. The van der Waals surface area contributed by atoms with E-state index in [2.05, 4.69) is 10.3 Å². The molecular weight excluding hydrogens is 308 g/mol. The van der Waals surface area contributed by atoms with Gasteiger partial charge in [0.25, 0.3) is 5.91 Å². The van der Waals surface area contributed by atoms with Crippen molar-refractivity contribution in [3.8, 4) is 17.2 Å². The summed E-state index contributed by atoms with van der Waals surface area (Å²) in [5.41, 5.74) is 1.92. The first-order valence-electron chi connectivity index (χ1n) is 7.34. The SMILES string of the molecule is COc1ccc(OC)c(NC(=O)c2c[nH]c3cc(OC)ccc23)c1. The van der Waals surface area contributed by atoms with Gasteiger partial charge in [-0.05, 0) is 24.3 Å². The van der Waals surface area contributed by atoms with Crippen LogP contribution in [0.2, 0.25) is 0 Å². The number of rotatable bonds is 5. The van der Waals surface area contributed by atoms with Crippen molar-refractivity contribution in [3.05, 3.63) is 48.2 Å². The van der Waals surface area contributed by atoms with E-state index < -0.39 is 0 Å². The maximum Gasteiger partial charge on any atom is 0.257 e. The molecule has 1 aromatic heterocycles. The van der Waals surface area contributed by atoms with Gasteiger partial charge < -0.3 is 24.5 Å². The van der Waals surface area contributed by atoms with E-state index in [1.807, 2.05) is 18.2 Å². The molecule has 1 amide bonds. The lowest BCUT2D eigenvalue weighted by Gasteiger charge is -2.11. The number of methoxy groups -OCH3 is 3. The number of ether oxygens (including phenoxy) is 3. The summed E-state index contributed by atoms with van der Waals surface area (Å²) in [4.78, 5) is 15.7. The minimum absolute atomic E-state index is 0.238. The van der Waals surface area contributed by atoms with E-state index in [4.69, 9.17) is 14.2 Å². The molecular formula is C18H18N2O4. The lowest BCUT2D eigenvalue weighted by Crippen LogP contribution is -2.12. The van der Waals surface area contributed by atoms with E-state index in [1.54, 1.807) is 45.7 Å². The summed E-state index contributed by atoms with van der Waals surface area (Å²) in [5.74, 6) is 1.68. The van der Waals surface area contributed by atoms with Crippen molar-refractivity contribution in [1.29, 1.82) is 0 Å². The number of fused-ring (bicyclic) bond motifs is 1. The van der Waals surface area contributed by atoms with Gasteiger partial charge >= 0.3 is 0 Å². The second-order valence-corrected chi connectivity index (χ2v) is 5.13. The van der Waals surface area contributed by atoms with E-state index in [9.17, 15) is 4.79 Å². The third-order valence-electron chi connectivity index (χ3n) is 3.79. The van der Waals surface area contributed by atoms with E-state index in [0.29, 0.717) is 22.7 Å². The lowest BCUT2D eigenvalue weighted by atomic mass is 10.1. The molecule has 0 aliphatic heterocycles. The molecule has 2 N–H and O–H groups in total. The molecule has 3 aromatic rings. The summed E-state index contributed by atoms with van der Waals surface area (Å²) in [6.45, 7) is 0. The smallest absolute Gasteiger partial charge is 0.257 e. The standard InChI is InChI=1S/C18H18N2O4/c1-22-11-4-6-13-14(10-19-15(13)8-11)18(21)20-16-9-12(23-2)5-7-17(16)24-3/h4-10,19H,1-3H3,(H,20,21). The molecule has 0 saturated carbocycles. The fourth-order valence-corrected chi connectivity index (χ4v) is 2.52. The molecule has 0 aliphatic rings. The zero-order valence-corrected chi connectivity index (χ0v) is 13.7. The molecule has 24 heavy (non-hydrogen) atoms. The summed E-state index contributed by atoms with van der Waals surface area (Å²) in [6.07, 6.45) is 1.67. The summed E-state index contributed by atoms with van der Waals surface area (Å²) in [6, 6.07) is 10.7. The molecule has 1 heterocycles. The minimum Gasteiger partial charge on any atom is -0.497 e. The number of carbonyl (C=O) groups excluding carboxylic acids is 1. The predicted molar refractivity (Wildman–Crippen MR) is 92.3 cm³/mol. The maximum atomic E-state index is 12.7. The van der Waals surface area contributed by atoms with Gasteiger partial charge in [-0.25, -0.2) is 0 Å². The lowest BCUT2D eigenvalue weighted by molar-refractivity contribution is 0.102. The van der Waals surface area contributed by atoms with Gasteiger partial charge in [-0.15, -0.1) is 0 Å². The van der Waals surface area contributed by atoms with Crippen LogP contribution in [0.25, 0.3) is 10.9 Å². The molecule has 2 aromatic carbocycles. The third kappa shape index (κ3) is 2.86. The monoisotopic (exact) mass is 326 g/mol. The molecule has 6 nitrogen and oxygen atoms in total. The van der Waals surface area contributed by atoms with Gasteiger partial charge in [-0.3, -0.25) is 4.79 Å². The molecule has 0 bridgehead atoms. The predicted octanol–water partition coefficient (Wildman–Crippen LogP) is 3.45. The highest BCUT2D eigenvalue weighted by Crippen LogP contribution is 2.30. The van der Waals surface area contributed by atoms with Gasteiger partial charge in [0.15, 0.2) is 0 Å². The highest BCUT2D eigenvalue weighted by molar-refractivity contribution is 6.13. The number of aromatic amines is 1. The molecule has 0 aliphatic carbocycles. The maximum absolute atomic E-state index is 12.7. The first-order valence-corrected chi connectivity index (χ1v) is 7.34. The molecule has 6 heteroatoms. The van der Waals surface area contributed by atoms with Crippen LogP contribution in [0.5, 0.6) is 17.2 Å². The van der Waals surface area contributed by atoms with Crippen molar-refractivity contribution < 1.29 is 19.0 Å². The fourth-order valence-electron chi connectivity index (χ4n) is 2.52. The Kier molecular flexibility index (Phi) is 4.29. The zero-order chi connectivity index (χ0) is 17.1. The first kappa shape index (κ1) is 15.7. The van der Waals surface area contributed by atoms with Crippen LogP contribution in [0, 0.1) is 0 Å². The van der Waals surface area contributed by atoms with Crippen molar-refractivity contribution in [2.24, 2.45) is 0 Å². The molecule has 0 saturated heterocycles. The van der Waals surface area contributed by atoms with Gasteiger partial charge in [0.05, 0.1) is 32.6 Å². The quantitative estimate of drug-likeness (QED) is 0.753. The number of carbonyl (C=O) groups is 1. The Bertz CT molecular complexity index is 886. The summed E-state index contributed by atoms with van der Waals surface area (Å²) < 4.78 is 15.7. The second kappa shape index (κ2) is 6.54. The second-order valence-electron chi connectivity index (χ2n) is 5.13. The number of hydrogen-bond donors (Lipinski definition) is 2. The third-order valence-corrected chi connectivity index (χ3v) is 3.79. The Morgan fingerprint density at radius 3 is 2.38 bits per heavy atom. The van der Waals surface area contributed by atoms with Crippen molar-refractivity contribution in [1.82, 2.24) is 4.98 Å². The average molecular weight is 326 g/mol. The van der Waals surface area contributed by atoms with Crippen LogP contribution in [0.4, 0.5) is 5.69 Å². The number of amides is 1. The van der Waals surface area contributed by atoms with Gasteiger partial charge in [0.1, 0.15) is 17.2 Å². The number of H-pyrrole nitrogens is 1. The van der Waals surface area contributed by atoms with Crippen LogP contribution in [0.3, 0.4) is 0 Å². The van der Waals surface area contributed by atoms with Crippen LogP contribution < -0.4 is 19.5 Å². The minimum atomic E-state index is -0.238. The van der Waals surface area contributed by atoms with Gasteiger partial charge in [-0.1, -0.05) is 0 Å². The summed E-state index contributed by atoms with van der Waals surface area (Å²) in [7, 11) is 4.72. The largest absolute Gasteiger partial charge is 0.497 e. The van der Waals surface area contributed by atoms with Crippen LogP contribution in [0.1, 0.15) is 10.4 Å². The molecule has 3 rings (SSSR count). The number of nitrogens with one attached hydrogen (secondary N) is 2. The van der Waals surface area contributed by atoms with Crippen LogP contribution in [0.15, 0.2) is 42.6 Å². The number of benzene rings is 2. The zero-order valence-electron chi connectivity index (χ0n) is 13.7. The van der Waals surface area contributed by atoms with Gasteiger partial charge in [0, 0.05) is 29.2 Å². The Labute approximate surface area is 139 Å². The molecule has 0 fully saturated rings. The normalized spacial score (nSPS) is 10.5. The van der Waals surface area contributed by atoms with Crippen LogP contribution >= 0.6 is 0 Å². The molecule has 0 unspecified atom stereocenters. The number of hydrogen-bond acceptors (Lipinski definition) is 4. The number of aromatic nitrogens is 1. The fraction of sp³-hybridized carbons (Fsp3) is 0.167. The average Bonchev–Trinajstić information content (AvgIpc) is 3.04. The number of anilines is 1. The Hall–Kier alpha value is -3.15. The summed E-state index contributed by atoms with van der Waals surface area (Å²) >= 11 is 0. The summed E-state index contributed by atoms with van der Waals surface area (Å²) in [5, 5.41) is 3.68. The van der Waals surface area contributed by atoms with Gasteiger partial charge in [-0.2, -0.15) is 0 Å². The van der Waals surface area contributed by atoms with E-state index in [1.165, 1.54) is 0 Å². The van der Waals surface area contributed by atoms with Crippen LogP contribution in [-0.2, 0) is 0 Å². The van der Waals surface area contributed by atoms with Gasteiger partial charge in [0.2, 0.25) is 0 Å².